The molecule has 3 aromatic rings. The Morgan fingerprint density at radius 2 is 2.04 bits per heavy atom. The van der Waals surface area contributed by atoms with Crippen LogP contribution in [0.25, 0.3) is 10.2 Å². The quantitative estimate of drug-likeness (QED) is 0.728. The van der Waals surface area contributed by atoms with Crippen molar-refractivity contribution in [3.05, 3.63) is 35.5 Å². The molecule has 1 N–H and O–H groups in total. The number of thiophene rings is 1. The molecule has 0 radical (unpaired) electrons. The standard InChI is InChI=1S/C19H20N4O3S/c1-3-23(18-14-8-12(2)27-19(14)21-11-20-18)10-17(24)22-13-4-5-15-16(9-13)26-7-6-25-15/h4-5,8-9,11H,3,6-7,10H2,1-2H3,(H,22,24). The fraction of sp³-hybridized carbons (Fsp3) is 0.316. The van der Waals surface area contributed by atoms with Crippen molar-refractivity contribution in [2.24, 2.45) is 0 Å². The summed E-state index contributed by atoms with van der Waals surface area (Å²) in [6.45, 7) is 5.96. The van der Waals surface area contributed by atoms with Gasteiger partial charge in [-0.2, -0.15) is 0 Å². The van der Waals surface area contributed by atoms with Crippen molar-refractivity contribution in [3.8, 4) is 11.5 Å². The lowest BCUT2D eigenvalue weighted by Gasteiger charge is -2.22. The molecular weight excluding hydrogens is 364 g/mol. The van der Waals surface area contributed by atoms with Gasteiger partial charge < -0.3 is 19.7 Å². The Morgan fingerprint density at radius 1 is 1.22 bits per heavy atom. The molecule has 1 aliphatic heterocycles. The number of nitrogens with one attached hydrogen (secondary N) is 1. The van der Waals surface area contributed by atoms with E-state index in [4.69, 9.17) is 9.47 Å². The Morgan fingerprint density at radius 3 is 2.85 bits per heavy atom. The monoisotopic (exact) mass is 384 g/mol. The summed E-state index contributed by atoms with van der Waals surface area (Å²) in [5, 5.41) is 3.90. The number of ether oxygens (including phenoxy) is 2. The molecule has 2 aromatic heterocycles. The Kier molecular flexibility index (Phi) is 4.81. The van der Waals surface area contributed by atoms with Crippen LogP contribution in [0, 0.1) is 6.92 Å². The van der Waals surface area contributed by atoms with E-state index in [0.717, 1.165) is 16.0 Å². The molecule has 1 amide bonds. The van der Waals surface area contributed by atoms with Gasteiger partial charge in [0.1, 0.15) is 30.2 Å². The van der Waals surface area contributed by atoms with Crippen LogP contribution in [0.4, 0.5) is 11.5 Å². The van der Waals surface area contributed by atoms with Crippen LogP contribution in [-0.2, 0) is 4.79 Å². The minimum Gasteiger partial charge on any atom is -0.486 e. The van der Waals surface area contributed by atoms with Gasteiger partial charge in [-0.15, -0.1) is 11.3 Å². The molecule has 0 unspecified atom stereocenters. The van der Waals surface area contributed by atoms with E-state index in [1.165, 1.54) is 4.88 Å². The SMILES string of the molecule is CCN(CC(=O)Nc1ccc2c(c1)OCCO2)c1ncnc2sc(C)cc12. The summed E-state index contributed by atoms with van der Waals surface area (Å²) in [4.78, 5) is 25.4. The van der Waals surface area contributed by atoms with E-state index in [1.807, 2.05) is 30.9 Å². The number of anilines is 2. The number of carbonyl (C=O) groups is 1. The Hall–Kier alpha value is -2.87. The summed E-state index contributed by atoms with van der Waals surface area (Å²) in [6, 6.07) is 7.47. The highest BCUT2D eigenvalue weighted by molar-refractivity contribution is 7.18. The highest BCUT2D eigenvalue weighted by Gasteiger charge is 2.17. The minimum absolute atomic E-state index is 0.118. The zero-order valence-electron chi connectivity index (χ0n) is 15.2. The topological polar surface area (TPSA) is 76.6 Å². The van der Waals surface area contributed by atoms with Crippen LogP contribution >= 0.6 is 11.3 Å². The van der Waals surface area contributed by atoms with Crippen molar-refractivity contribution in [1.29, 1.82) is 0 Å². The molecule has 27 heavy (non-hydrogen) atoms. The van der Waals surface area contributed by atoms with Gasteiger partial charge in [-0.3, -0.25) is 4.79 Å². The van der Waals surface area contributed by atoms with Crippen molar-refractivity contribution < 1.29 is 14.3 Å². The highest BCUT2D eigenvalue weighted by Crippen LogP contribution is 2.33. The summed E-state index contributed by atoms with van der Waals surface area (Å²) in [7, 11) is 0. The van der Waals surface area contributed by atoms with E-state index in [-0.39, 0.29) is 12.5 Å². The first-order valence-corrected chi connectivity index (χ1v) is 9.61. The number of benzene rings is 1. The fourth-order valence-corrected chi connectivity index (χ4v) is 3.89. The first kappa shape index (κ1) is 17.5. The average molecular weight is 384 g/mol. The molecule has 0 aliphatic carbocycles. The van der Waals surface area contributed by atoms with Crippen LogP contribution in [0.2, 0.25) is 0 Å². The van der Waals surface area contributed by atoms with Gasteiger partial charge in [0.05, 0.1) is 11.9 Å². The molecule has 0 fully saturated rings. The average Bonchev–Trinajstić information content (AvgIpc) is 3.06. The first-order valence-electron chi connectivity index (χ1n) is 8.79. The van der Waals surface area contributed by atoms with Gasteiger partial charge in [-0.1, -0.05) is 0 Å². The van der Waals surface area contributed by atoms with E-state index in [2.05, 4.69) is 21.4 Å². The van der Waals surface area contributed by atoms with Crippen LogP contribution in [0.5, 0.6) is 11.5 Å². The molecule has 1 aromatic carbocycles. The maximum atomic E-state index is 12.6. The molecule has 0 bridgehead atoms. The van der Waals surface area contributed by atoms with Gasteiger partial charge in [-0.05, 0) is 32.0 Å². The van der Waals surface area contributed by atoms with Crippen LogP contribution in [0.3, 0.4) is 0 Å². The minimum atomic E-state index is -0.118. The number of amides is 1. The van der Waals surface area contributed by atoms with Crippen molar-refractivity contribution in [2.45, 2.75) is 13.8 Å². The maximum Gasteiger partial charge on any atom is 0.243 e. The molecule has 4 rings (SSSR count). The lowest BCUT2D eigenvalue weighted by atomic mass is 10.2. The van der Waals surface area contributed by atoms with E-state index >= 15 is 0 Å². The number of aryl methyl sites for hydroxylation is 1. The summed E-state index contributed by atoms with van der Waals surface area (Å²) in [5.74, 6) is 2.01. The van der Waals surface area contributed by atoms with E-state index in [0.29, 0.717) is 36.9 Å². The van der Waals surface area contributed by atoms with Gasteiger partial charge >= 0.3 is 0 Å². The molecule has 0 saturated carbocycles. The third-order valence-electron chi connectivity index (χ3n) is 4.27. The van der Waals surface area contributed by atoms with Crippen molar-refractivity contribution in [1.82, 2.24) is 9.97 Å². The molecule has 0 atom stereocenters. The van der Waals surface area contributed by atoms with E-state index in [9.17, 15) is 4.79 Å². The zero-order chi connectivity index (χ0) is 18.8. The summed E-state index contributed by atoms with van der Waals surface area (Å²) < 4.78 is 11.1. The lowest BCUT2D eigenvalue weighted by Crippen LogP contribution is -2.33. The number of rotatable bonds is 5. The molecule has 8 heteroatoms. The normalized spacial score (nSPS) is 12.8. The smallest absolute Gasteiger partial charge is 0.243 e. The van der Waals surface area contributed by atoms with Gasteiger partial charge in [0.25, 0.3) is 0 Å². The maximum absolute atomic E-state index is 12.6. The molecule has 7 nitrogen and oxygen atoms in total. The second kappa shape index (κ2) is 7.40. The van der Waals surface area contributed by atoms with Crippen molar-refractivity contribution in [3.63, 3.8) is 0 Å². The van der Waals surface area contributed by atoms with Crippen LogP contribution in [0.15, 0.2) is 30.6 Å². The predicted octanol–water partition coefficient (Wildman–Crippen LogP) is 3.24. The van der Waals surface area contributed by atoms with E-state index in [1.54, 1.807) is 23.7 Å². The Balaban J connectivity index is 1.50. The van der Waals surface area contributed by atoms with Crippen LogP contribution in [-0.4, -0.2) is 42.2 Å². The largest absolute Gasteiger partial charge is 0.486 e. The number of hydrogen-bond acceptors (Lipinski definition) is 7. The number of hydrogen-bond donors (Lipinski definition) is 1. The Bertz CT molecular complexity index is 988. The Labute approximate surface area is 160 Å². The molecule has 0 saturated heterocycles. The molecule has 140 valence electrons. The summed E-state index contributed by atoms with van der Waals surface area (Å²) in [6.07, 6.45) is 1.55. The van der Waals surface area contributed by atoms with Crippen molar-refractivity contribution in [2.75, 3.05) is 36.5 Å². The third kappa shape index (κ3) is 3.66. The van der Waals surface area contributed by atoms with Gasteiger partial charge in [0, 0.05) is 23.2 Å². The van der Waals surface area contributed by atoms with E-state index < -0.39 is 0 Å². The number of aromatic nitrogens is 2. The summed E-state index contributed by atoms with van der Waals surface area (Å²) in [5.41, 5.74) is 0.680. The van der Waals surface area contributed by atoms with Gasteiger partial charge in [-0.25, -0.2) is 9.97 Å². The summed E-state index contributed by atoms with van der Waals surface area (Å²) >= 11 is 1.62. The third-order valence-corrected chi connectivity index (χ3v) is 5.23. The van der Waals surface area contributed by atoms with Crippen LogP contribution in [0.1, 0.15) is 11.8 Å². The highest BCUT2D eigenvalue weighted by atomic mass is 32.1. The fourth-order valence-electron chi connectivity index (χ4n) is 3.05. The van der Waals surface area contributed by atoms with Crippen molar-refractivity contribution >= 4 is 39.0 Å². The number of carbonyl (C=O) groups excluding carboxylic acids is 1. The second-order valence-corrected chi connectivity index (χ2v) is 7.43. The molecule has 0 spiro atoms. The second-order valence-electron chi connectivity index (χ2n) is 6.19. The number of nitrogens with zero attached hydrogens (tertiary/aromatic N) is 3. The first-order chi connectivity index (χ1) is 13.1. The van der Waals surface area contributed by atoms with Gasteiger partial charge in [0.2, 0.25) is 5.91 Å². The molecule has 1 aliphatic rings. The number of likely N-dealkylation sites (N-methyl/N-ethyl adjacent to an activating group) is 1. The lowest BCUT2D eigenvalue weighted by molar-refractivity contribution is -0.115. The predicted molar refractivity (Wildman–Crippen MR) is 106 cm³/mol. The number of fused-ring (bicyclic) bond motifs is 2. The zero-order valence-corrected chi connectivity index (χ0v) is 16.0. The van der Waals surface area contributed by atoms with Gasteiger partial charge in [0.15, 0.2) is 11.5 Å². The molecular formula is C19H20N4O3S. The van der Waals surface area contributed by atoms with Crippen LogP contribution < -0.4 is 19.7 Å². The molecule has 3 heterocycles.